The van der Waals surface area contributed by atoms with Gasteiger partial charge in [0.1, 0.15) is 18.7 Å². The molecule has 0 radical (unpaired) electrons. The first-order valence-corrected chi connectivity index (χ1v) is 3.68. The van der Waals surface area contributed by atoms with E-state index in [0.717, 1.165) is 0 Å². The van der Waals surface area contributed by atoms with Gasteiger partial charge in [0.15, 0.2) is 0 Å². The average Bonchev–Trinajstić information content (AvgIpc) is 2.16. The van der Waals surface area contributed by atoms with Crippen LogP contribution in [0.3, 0.4) is 0 Å². The molecule has 0 heterocycles. The standard InChI is InChI=1S/C9H10FNO2/c1-12-8-4-3-7(6-11-13-2)9(10)5-8/h3-6H,1-2H3/b11-6+. The molecule has 0 aromatic heterocycles. The zero-order valence-corrected chi connectivity index (χ0v) is 7.45. The van der Waals surface area contributed by atoms with E-state index in [2.05, 4.69) is 9.99 Å². The molecule has 1 aromatic rings. The monoisotopic (exact) mass is 183 g/mol. The Hall–Kier alpha value is -1.58. The molecule has 0 saturated carbocycles. The summed E-state index contributed by atoms with van der Waals surface area (Å²) in [5.74, 6) is 0.0900. The maximum Gasteiger partial charge on any atom is 0.135 e. The first-order valence-electron chi connectivity index (χ1n) is 3.68. The number of nitrogens with zero attached hydrogens (tertiary/aromatic N) is 1. The summed E-state index contributed by atoms with van der Waals surface area (Å²) in [6.07, 6.45) is 1.30. The maximum atomic E-state index is 13.1. The van der Waals surface area contributed by atoms with Crippen molar-refractivity contribution in [3.05, 3.63) is 29.6 Å². The molecule has 4 heteroatoms. The number of ether oxygens (including phenoxy) is 1. The Morgan fingerprint density at radius 3 is 2.69 bits per heavy atom. The van der Waals surface area contributed by atoms with Crippen molar-refractivity contribution >= 4 is 6.21 Å². The predicted molar refractivity (Wildman–Crippen MR) is 47.6 cm³/mol. The van der Waals surface area contributed by atoms with E-state index in [1.54, 1.807) is 12.1 Å². The van der Waals surface area contributed by atoms with Crippen molar-refractivity contribution < 1.29 is 14.0 Å². The molecule has 3 nitrogen and oxygen atoms in total. The molecule has 1 aromatic carbocycles. The van der Waals surface area contributed by atoms with E-state index < -0.39 is 0 Å². The lowest BCUT2D eigenvalue weighted by molar-refractivity contribution is 0.215. The fourth-order valence-corrected chi connectivity index (χ4v) is 0.849. The van der Waals surface area contributed by atoms with Gasteiger partial charge < -0.3 is 9.57 Å². The molecule has 0 unspecified atom stereocenters. The van der Waals surface area contributed by atoms with Crippen LogP contribution in [-0.4, -0.2) is 20.4 Å². The number of methoxy groups -OCH3 is 1. The molecule has 0 aliphatic rings. The third kappa shape index (κ3) is 2.43. The largest absolute Gasteiger partial charge is 0.497 e. The van der Waals surface area contributed by atoms with Crippen molar-refractivity contribution in [2.24, 2.45) is 5.16 Å². The summed E-state index contributed by atoms with van der Waals surface area (Å²) < 4.78 is 18.0. The van der Waals surface area contributed by atoms with Crippen LogP contribution >= 0.6 is 0 Å². The van der Waals surface area contributed by atoms with Crippen LogP contribution in [0.1, 0.15) is 5.56 Å². The van der Waals surface area contributed by atoms with E-state index in [0.29, 0.717) is 11.3 Å². The van der Waals surface area contributed by atoms with Crippen molar-refractivity contribution in [3.63, 3.8) is 0 Å². The topological polar surface area (TPSA) is 30.8 Å². The summed E-state index contributed by atoms with van der Waals surface area (Å²) in [6, 6.07) is 4.51. The minimum absolute atomic E-state index is 0.364. The molecule has 1 rings (SSSR count). The minimum atomic E-state index is -0.389. The number of rotatable bonds is 3. The normalized spacial score (nSPS) is 10.4. The van der Waals surface area contributed by atoms with Crippen molar-refractivity contribution in [2.45, 2.75) is 0 Å². The highest BCUT2D eigenvalue weighted by molar-refractivity contribution is 5.79. The van der Waals surface area contributed by atoms with Crippen LogP contribution in [0.15, 0.2) is 23.4 Å². The second-order valence-corrected chi connectivity index (χ2v) is 2.30. The molecule has 70 valence electrons. The van der Waals surface area contributed by atoms with Gasteiger partial charge in [0.05, 0.1) is 13.3 Å². The molecular formula is C9H10FNO2. The Kier molecular flexibility index (Phi) is 3.25. The Bertz CT molecular complexity index is 312. The van der Waals surface area contributed by atoms with Crippen molar-refractivity contribution in [2.75, 3.05) is 14.2 Å². The Balaban J connectivity index is 2.91. The second-order valence-electron chi connectivity index (χ2n) is 2.30. The highest BCUT2D eigenvalue weighted by Gasteiger charge is 2.00. The van der Waals surface area contributed by atoms with Crippen LogP contribution in [0.4, 0.5) is 4.39 Å². The molecule has 0 N–H and O–H groups in total. The van der Waals surface area contributed by atoms with Crippen molar-refractivity contribution in [1.29, 1.82) is 0 Å². The van der Waals surface area contributed by atoms with E-state index >= 15 is 0 Å². The van der Waals surface area contributed by atoms with Crippen LogP contribution in [0.25, 0.3) is 0 Å². The van der Waals surface area contributed by atoms with E-state index in [4.69, 9.17) is 4.74 Å². The molecule has 0 fully saturated rings. The average molecular weight is 183 g/mol. The smallest absolute Gasteiger partial charge is 0.135 e. The van der Waals surface area contributed by atoms with Gasteiger partial charge in [0.2, 0.25) is 0 Å². The van der Waals surface area contributed by atoms with Gasteiger partial charge in [-0.25, -0.2) is 4.39 Å². The molecule has 0 spiro atoms. The number of halogens is 1. The van der Waals surface area contributed by atoms with Gasteiger partial charge in [-0.3, -0.25) is 0 Å². The lowest BCUT2D eigenvalue weighted by Crippen LogP contribution is -1.90. The van der Waals surface area contributed by atoms with Gasteiger partial charge >= 0.3 is 0 Å². The fourth-order valence-electron chi connectivity index (χ4n) is 0.849. The highest BCUT2D eigenvalue weighted by Crippen LogP contribution is 2.14. The molecule has 0 aliphatic carbocycles. The molecule has 0 atom stereocenters. The van der Waals surface area contributed by atoms with Gasteiger partial charge in [0.25, 0.3) is 0 Å². The van der Waals surface area contributed by atoms with E-state index in [-0.39, 0.29) is 5.82 Å². The van der Waals surface area contributed by atoms with Gasteiger partial charge in [0, 0.05) is 11.6 Å². The van der Waals surface area contributed by atoms with Crippen LogP contribution < -0.4 is 4.74 Å². The lowest BCUT2D eigenvalue weighted by Gasteiger charge is -2.00. The van der Waals surface area contributed by atoms with Crippen LogP contribution in [-0.2, 0) is 4.84 Å². The van der Waals surface area contributed by atoms with E-state index in [1.807, 2.05) is 0 Å². The van der Waals surface area contributed by atoms with Crippen LogP contribution in [0, 0.1) is 5.82 Å². The van der Waals surface area contributed by atoms with Crippen LogP contribution in [0.5, 0.6) is 5.75 Å². The molecule has 0 aliphatic heterocycles. The van der Waals surface area contributed by atoms with Crippen LogP contribution in [0.2, 0.25) is 0 Å². The van der Waals surface area contributed by atoms with E-state index in [1.165, 1.54) is 26.5 Å². The first-order chi connectivity index (χ1) is 6.27. The lowest BCUT2D eigenvalue weighted by atomic mass is 10.2. The van der Waals surface area contributed by atoms with Crippen molar-refractivity contribution in [1.82, 2.24) is 0 Å². The minimum Gasteiger partial charge on any atom is -0.497 e. The first kappa shape index (κ1) is 9.51. The zero-order chi connectivity index (χ0) is 9.68. The second kappa shape index (κ2) is 4.45. The molecule has 0 saturated heterocycles. The molecular weight excluding hydrogens is 173 g/mol. The third-order valence-electron chi connectivity index (χ3n) is 1.50. The fraction of sp³-hybridized carbons (Fsp3) is 0.222. The number of benzene rings is 1. The summed E-state index contributed by atoms with van der Waals surface area (Å²) in [4.78, 5) is 4.43. The van der Waals surface area contributed by atoms with Crippen molar-refractivity contribution in [3.8, 4) is 5.75 Å². The Morgan fingerprint density at radius 2 is 2.15 bits per heavy atom. The summed E-state index contributed by atoms with van der Waals surface area (Å²) in [7, 11) is 2.88. The third-order valence-corrected chi connectivity index (χ3v) is 1.50. The Labute approximate surface area is 75.8 Å². The maximum absolute atomic E-state index is 13.1. The number of hydrogen-bond acceptors (Lipinski definition) is 3. The summed E-state index contributed by atoms with van der Waals surface area (Å²) in [5, 5.41) is 3.45. The van der Waals surface area contributed by atoms with Gasteiger partial charge in [-0.2, -0.15) is 0 Å². The molecule has 13 heavy (non-hydrogen) atoms. The summed E-state index contributed by atoms with van der Waals surface area (Å²) in [6.45, 7) is 0. The highest BCUT2D eigenvalue weighted by atomic mass is 19.1. The van der Waals surface area contributed by atoms with E-state index in [9.17, 15) is 4.39 Å². The Morgan fingerprint density at radius 1 is 1.38 bits per heavy atom. The predicted octanol–water partition coefficient (Wildman–Crippen LogP) is 1.81. The quantitative estimate of drug-likeness (QED) is 0.528. The van der Waals surface area contributed by atoms with Gasteiger partial charge in [-0.05, 0) is 12.1 Å². The number of oxime groups is 1. The molecule has 0 bridgehead atoms. The SMILES string of the molecule is CO/N=C/c1ccc(OC)cc1F. The summed E-state index contributed by atoms with van der Waals surface area (Å²) >= 11 is 0. The molecule has 0 amide bonds. The summed E-state index contributed by atoms with van der Waals surface area (Å²) in [5.41, 5.74) is 0.364. The number of hydrogen-bond donors (Lipinski definition) is 0. The van der Waals surface area contributed by atoms with Gasteiger partial charge in [-0.15, -0.1) is 0 Å². The zero-order valence-electron chi connectivity index (χ0n) is 7.45. The van der Waals surface area contributed by atoms with Gasteiger partial charge in [-0.1, -0.05) is 5.16 Å².